The molecule has 1 aliphatic carbocycles. The number of carbonyl (C=O) groups excluding carboxylic acids is 1. The summed E-state index contributed by atoms with van der Waals surface area (Å²) in [4.78, 5) is 24.9. The first-order chi connectivity index (χ1) is 16.3. The van der Waals surface area contributed by atoms with Crippen LogP contribution in [0.5, 0.6) is 5.75 Å². The number of fused-ring (bicyclic) bond motifs is 1. The molecule has 0 radical (unpaired) electrons. The summed E-state index contributed by atoms with van der Waals surface area (Å²) in [6.45, 7) is 5.30. The Kier molecular flexibility index (Phi) is 6.38. The fraction of sp³-hybridized carbons (Fsp3) is 0.385. The molecule has 0 unspecified atom stereocenters. The summed E-state index contributed by atoms with van der Waals surface area (Å²) in [6.07, 6.45) is -3.14. The molecule has 35 heavy (non-hydrogen) atoms. The zero-order valence-corrected chi connectivity index (χ0v) is 20.2. The number of carbonyl (C=O) groups is 1. The van der Waals surface area contributed by atoms with Gasteiger partial charge in [-0.1, -0.05) is 17.7 Å². The first-order valence-electron chi connectivity index (χ1n) is 11.1. The van der Waals surface area contributed by atoms with E-state index < -0.39 is 34.2 Å². The Bertz CT molecular complexity index is 1330. The highest BCUT2D eigenvalue weighted by Gasteiger charge is 2.46. The standard InChI is InChI=1S/C26H24ClF3O5/c1-24(2,3)35-22(32)13-25(9-10-25)14-33-20-11-15(26(28,29)30)7-8-17(20)21-12-19(31)16-5-4-6-18(27)23(16)34-21/h4-8,11-12H,9-10,13-14H2,1-3H3. The van der Waals surface area contributed by atoms with Crippen molar-refractivity contribution in [1.82, 2.24) is 0 Å². The molecule has 0 atom stereocenters. The van der Waals surface area contributed by atoms with Crippen molar-refractivity contribution in [3.63, 3.8) is 0 Å². The van der Waals surface area contributed by atoms with Crippen molar-refractivity contribution >= 4 is 28.5 Å². The predicted molar refractivity (Wildman–Crippen MR) is 126 cm³/mol. The van der Waals surface area contributed by atoms with Crippen LogP contribution in [0.2, 0.25) is 5.02 Å². The molecule has 2 aromatic carbocycles. The monoisotopic (exact) mass is 508 g/mol. The van der Waals surface area contributed by atoms with E-state index in [-0.39, 0.29) is 46.1 Å². The maximum Gasteiger partial charge on any atom is 0.416 e. The highest BCUT2D eigenvalue weighted by atomic mass is 35.5. The lowest BCUT2D eigenvalue weighted by atomic mass is 10.0. The number of alkyl halides is 3. The molecule has 3 aromatic rings. The third-order valence-electron chi connectivity index (χ3n) is 5.71. The molecule has 0 spiro atoms. The Hall–Kier alpha value is -3.00. The molecule has 1 saturated carbocycles. The van der Waals surface area contributed by atoms with Crippen LogP contribution in [0.15, 0.2) is 51.7 Å². The molecule has 0 amide bonds. The number of ether oxygens (including phenoxy) is 2. The molecule has 0 saturated heterocycles. The SMILES string of the molecule is CC(C)(C)OC(=O)CC1(COc2cc(C(F)(F)F)ccc2-c2cc(=O)c3cccc(Cl)c3o2)CC1. The second-order valence-corrected chi connectivity index (χ2v) is 10.3. The van der Waals surface area contributed by atoms with E-state index in [4.69, 9.17) is 25.5 Å². The number of halogens is 4. The normalized spacial score (nSPS) is 15.2. The molecule has 1 aliphatic rings. The van der Waals surface area contributed by atoms with Crippen molar-refractivity contribution in [1.29, 1.82) is 0 Å². The van der Waals surface area contributed by atoms with Gasteiger partial charge in [0.25, 0.3) is 0 Å². The first-order valence-corrected chi connectivity index (χ1v) is 11.4. The van der Waals surface area contributed by atoms with Gasteiger partial charge in [-0.05, 0) is 63.9 Å². The van der Waals surface area contributed by atoms with Crippen LogP contribution >= 0.6 is 11.6 Å². The summed E-state index contributed by atoms with van der Waals surface area (Å²) in [5.74, 6) is -0.473. The van der Waals surface area contributed by atoms with Crippen LogP contribution in [0, 0.1) is 5.41 Å². The third kappa shape index (κ3) is 5.81. The molecule has 186 valence electrons. The molecule has 0 bridgehead atoms. The number of esters is 1. The van der Waals surface area contributed by atoms with Gasteiger partial charge in [0, 0.05) is 11.5 Å². The van der Waals surface area contributed by atoms with Crippen LogP contribution in [0.1, 0.15) is 45.6 Å². The summed E-state index contributed by atoms with van der Waals surface area (Å²) in [7, 11) is 0. The summed E-state index contributed by atoms with van der Waals surface area (Å²) in [5, 5.41) is 0.454. The molecule has 1 heterocycles. The minimum absolute atomic E-state index is 0.0130. The molecule has 0 aliphatic heterocycles. The van der Waals surface area contributed by atoms with E-state index in [1.165, 1.54) is 12.1 Å². The fourth-order valence-corrected chi connectivity index (χ4v) is 3.97. The van der Waals surface area contributed by atoms with Crippen molar-refractivity contribution in [2.75, 3.05) is 6.61 Å². The van der Waals surface area contributed by atoms with Crippen LogP contribution < -0.4 is 10.2 Å². The van der Waals surface area contributed by atoms with Crippen molar-refractivity contribution in [2.45, 2.75) is 51.8 Å². The summed E-state index contributed by atoms with van der Waals surface area (Å²) in [5.41, 5.74) is -2.15. The summed E-state index contributed by atoms with van der Waals surface area (Å²) >= 11 is 6.18. The van der Waals surface area contributed by atoms with Gasteiger partial charge >= 0.3 is 12.1 Å². The molecule has 0 N–H and O–H groups in total. The second-order valence-electron chi connectivity index (χ2n) is 9.85. The van der Waals surface area contributed by atoms with Crippen LogP contribution in [0.25, 0.3) is 22.3 Å². The molecular formula is C26H24ClF3O5. The third-order valence-corrected chi connectivity index (χ3v) is 6.01. The van der Waals surface area contributed by atoms with Gasteiger partial charge in [-0.15, -0.1) is 0 Å². The van der Waals surface area contributed by atoms with Gasteiger partial charge in [0.05, 0.1) is 34.6 Å². The van der Waals surface area contributed by atoms with Crippen molar-refractivity contribution in [2.24, 2.45) is 5.41 Å². The zero-order chi connectivity index (χ0) is 25.6. The van der Waals surface area contributed by atoms with Crippen LogP contribution in [-0.2, 0) is 15.7 Å². The number of rotatable bonds is 6. The van der Waals surface area contributed by atoms with E-state index in [1.807, 2.05) is 0 Å². The Morgan fingerprint density at radius 3 is 2.46 bits per heavy atom. The van der Waals surface area contributed by atoms with Gasteiger partial charge in [-0.2, -0.15) is 13.2 Å². The van der Waals surface area contributed by atoms with Gasteiger partial charge in [-0.3, -0.25) is 9.59 Å². The largest absolute Gasteiger partial charge is 0.492 e. The Labute approximate surface area is 204 Å². The molecule has 9 heteroatoms. The van der Waals surface area contributed by atoms with Gasteiger partial charge in [0.2, 0.25) is 0 Å². The van der Waals surface area contributed by atoms with Gasteiger partial charge < -0.3 is 13.9 Å². The van der Waals surface area contributed by atoms with E-state index in [1.54, 1.807) is 39.0 Å². The summed E-state index contributed by atoms with van der Waals surface area (Å²) < 4.78 is 57.4. The van der Waals surface area contributed by atoms with Crippen LogP contribution in [-0.4, -0.2) is 18.2 Å². The minimum Gasteiger partial charge on any atom is -0.492 e. The van der Waals surface area contributed by atoms with E-state index in [9.17, 15) is 22.8 Å². The number of hydrogen-bond acceptors (Lipinski definition) is 5. The van der Waals surface area contributed by atoms with E-state index in [2.05, 4.69) is 0 Å². The predicted octanol–water partition coefficient (Wildman–Crippen LogP) is 7.02. The average Bonchev–Trinajstić information content (AvgIpc) is 3.50. The Morgan fingerprint density at radius 1 is 1.11 bits per heavy atom. The zero-order valence-electron chi connectivity index (χ0n) is 19.4. The Balaban J connectivity index is 1.68. The average molecular weight is 509 g/mol. The second kappa shape index (κ2) is 8.90. The van der Waals surface area contributed by atoms with Gasteiger partial charge in [0.1, 0.15) is 17.1 Å². The molecular weight excluding hydrogens is 485 g/mol. The number of para-hydroxylation sites is 1. The number of hydrogen-bond donors (Lipinski definition) is 0. The van der Waals surface area contributed by atoms with Gasteiger partial charge in [0.15, 0.2) is 11.0 Å². The molecule has 5 nitrogen and oxygen atoms in total. The Morgan fingerprint density at radius 2 is 1.83 bits per heavy atom. The van der Waals surface area contributed by atoms with Crippen molar-refractivity contribution in [3.8, 4) is 17.1 Å². The van der Waals surface area contributed by atoms with Crippen LogP contribution in [0.3, 0.4) is 0 Å². The molecule has 1 fully saturated rings. The lowest BCUT2D eigenvalue weighted by molar-refractivity contribution is -0.156. The maximum atomic E-state index is 13.4. The summed E-state index contributed by atoms with van der Waals surface area (Å²) in [6, 6.07) is 8.87. The van der Waals surface area contributed by atoms with E-state index in [0.717, 1.165) is 12.1 Å². The van der Waals surface area contributed by atoms with E-state index >= 15 is 0 Å². The molecule has 1 aromatic heterocycles. The first kappa shape index (κ1) is 25.1. The highest BCUT2D eigenvalue weighted by molar-refractivity contribution is 6.34. The number of benzene rings is 2. The smallest absolute Gasteiger partial charge is 0.416 e. The van der Waals surface area contributed by atoms with Crippen LogP contribution in [0.4, 0.5) is 13.2 Å². The maximum absolute atomic E-state index is 13.4. The van der Waals surface area contributed by atoms with Crippen molar-refractivity contribution in [3.05, 3.63) is 63.3 Å². The van der Waals surface area contributed by atoms with Gasteiger partial charge in [-0.25, -0.2) is 0 Å². The quantitative estimate of drug-likeness (QED) is 0.335. The topological polar surface area (TPSA) is 65.7 Å². The minimum atomic E-state index is -4.60. The lowest BCUT2D eigenvalue weighted by Gasteiger charge is -2.22. The van der Waals surface area contributed by atoms with Crippen molar-refractivity contribution < 1.29 is 31.9 Å². The van der Waals surface area contributed by atoms with E-state index in [0.29, 0.717) is 12.8 Å². The lowest BCUT2D eigenvalue weighted by Crippen LogP contribution is -2.27. The fourth-order valence-electron chi connectivity index (χ4n) is 3.76. The molecule has 4 rings (SSSR count). The highest BCUT2D eigenvalue weighted by Crippen LogP contribution is 2.50.